The van der Waals surface area contributed by atoms with Crippen LogP contribution in [-0.2, 0) is 4.79 Å². The van der Waals surface area contributed by atoms with Gasteiger partial charge in [-0.15, -0.1) is 12.4 Å². The van der Waals surface area contributed by atoms with Gasteiger partial charge in [0.1, 0.15) is 0 Å². The van der Waals surface area contributed by atoms with Gasteiger partial charge in [-0.05, 0) is 6.42 Å². The van der Waals surface area contributed by atoms with E-state index in [2.05, 4.69) is 10.5 Å². The largest absolute Gasteiger partial charge is 0.273 e. The average molecular weight is 135 g/mol. The molecule has 0 aliphatic carbocycles. The van der Waals surface area contributed by atoms with E-state index in [-0.39, 0.29) is 18.3 Å². The van der Waals surface area contributed by atoms with Crippen LogP contribution in [0.4, 0.5) is 0 Å². The van der Waals surface area contributed by atoms with Crippen molar-refractivity contribution in [3.05, 3.63) is 0 Å². The molecule has 1 heterocycles. The van der Waals surface area contributed by atoms with Crippen molar-refractivity contribution >= 4 is 24.5 Å². The second-order valence-electron chi connectivity index (χ2n) is 1.39. The first-order valence-electron chi connectivity index (χ1n) is 2.20. The predicted octanol–water partition coefficient (Wildman–Crippen LogP) is 0.304. The quantitative estimate of drug-likeness (QED) is 0.509. The summed E-state index contributed by atoms with van der Waals surface area (Å²) in [5, 5.41) is 3.53. The summed E-state index contributed by atoms with van der Waals surface area (Å²) in [6.07, 6.45) is 3.07. The van der Waals surface area contributed by atoms with Crippen molar-refractivity contribution in [1.29, 1.82) is 0 Å². The minimum atomic E-state index is 0. The summed E-state index contributed by atoms with van der Waals surface area (Å²) in [5.41, 5.74) is 2.31. The fourth-order valence-electron chi connectivity index (χ4n) is 0.434. The van der Waals surface area contributed by atoms with Gasteiger partial charge in [0.2, 0.25) is 5.91 Å². The van der Waals surface area contributed by atoms with Crippen molar-refractivity contribution in [2.24, 2.45) is 5.10 Å². The molecule has 1 aliphatic heterocycles. The van der Waals surface area contributed by atoms with Gasteiger partial charge in [0.15, 0.2) is 0 Å². The van der Waals surface area contributed by atoms with Gasteiger partial charge >= 0.3 is 0 Å². The van der Waals surface area contributed by atoms with Gasteiger partial charge in [0.25, 0.3) is 0 Å². The Hall–Kier alpha value is -0.570. The second-order valence-corrected chi connectivity index (χ2v) is 1.39. The third-order valence-electron chi connectivity index (χ3n) is 0.781. The number of amides is 1. The highest BCUT2D eigenvalue weighted by Gasteiger charge is 1.99. The molecular formula is C4H7ClN2O. The SMILES string of the molecule is Cl.O=C1CCC=NN1. The number of carbonyl (C=O) groups excluding carboxylic acids is 1. The molecule has 0 unspecified atom stereocenters. The van der Waals surface area contributed by atoms with Gasteiger partial charge in [-0.2, -0.15) is 5.10 Å². The molecule has 0 bridgehead atoms. The number of hydrogen-bond acceptors (Lipinski definition) is 2. The Balaban J connectivity index is 0.000000490. The Morgan fingerprint density at radius 3 is 2.75 bits per heavy atom. The van der Waals surface area contributed by atoms with Crippen LogP contribution in [0.3, 0.4) is 0 Å². The number of rotatable bonds is 0. The fraction of sp³-hybridized carbons (Fsp3) is 0.500. The van der Waals surface area contributed by atoms with E-state index in [0.29, 0.717) is 6.42 Å². The van der Waals surface area contributed by atoms with Gasteiger partial charge in [-0.3, -0.25) is 4.79 Å². The van der Waals surface area contributed by atoms with Crippen molar-refractivity contribution in [2.75, 3.05) is 0 Å². The van der Waals surface area contributed by atoms with Crippen molar-refractivity contribution in [3.63, 3.8) is 0 Å². The first-order chi connectivity index (χ1) is 3.39. The second kappa shape index (κ2) is 3.43. The summed E-state index contributed by atoms with van der Waals surface area (Å²) in [5.74, 6) is 0.0162. The number of nitrogens with one attached hydrogen (secondary N) is 1. The van der Waals surface area contributed by atoms with Crippen LogP contribution in [0.25, 0.3) is 0 Å². The molecule has 0 radical (unpaired) electrons. The van der Waals surface area contributed by atoms with E-state index in [4.69, 9.17) is 0 Å². The number of nitrogens with zero attached hydrogens (tertiary/aromatic N) is 1. The summed E-state index contributed by atoms with van der Waals surface area (Å²) in [4.78, 5) is 10.2. The average Bonchev–Trinajstić information content (AvgIpc) is 1.69. The lowest BCUT2D eigenvalue weighted by Crippen LogP contribution is -2.20. The monoisotopic (exact) mass is 134 g/mol. The number of carbonyl (C=O) groups is 1. The third kappa shape index (κ3) is 1.93. The minimum Gasteiger partial charge on any atom is -0.273 e. The Morgan fingerprint density at radius 2 is 2.50 bits per heavy atom. The topological polar surface area (TPSA) is 41.5 Å². The summed E-state index contributed by atoms with van der Waals surface area (Å²) in [6.45, 7) is 0. The Kier molecular flexibility index (Phi) is 3.19. The lowest BCUT2D eigenvalue weighted by molar-refractivity contribution is -0.121. The zero-order chi connectivity index (χ0) is 5.11. The third-order valence-corrected chi connectivity index (χ3v) is 0.781. The molecule has 0 aromatic heterocycles. The van der Waals surface area contributed by atoms with Crippen LogP contribution in [0.1, 0.15) is 12.8 Å². The van der Waals surface area contributed by atoms with Gasteiger partial charge in [0, 0.05) is 12.6 Å². The van der Waals surface area contributed by atoms with Gasteiger partial charge < -0.3 is 0 Å². The molecule has 0 aromatic carbocycles. The molecular weight excluding hydrogens is 128 g/mol. The first-order valence-corrected chi connectivity index (χ1v) is 2.20. The highest BCUT2D eigenvalue weighted by Crippen LogP contribution is 1.88. The Bertz CT molecular complexity index is 113. The molecule has 8 heavy (non-hydrogen) atoms. The van der Waals surface area contributed by atoms with Crippen LogP contribution in [-0.4, -0.2) is 12.1 Å². The van der Waals surface area contributed by atoms with Crippen LogP contribution < -0.4 is 5.43 Å². The molecule has 0 saturated heterocycles. The van der Waals surface area contributed by atoms with Crippen molar-refractivity contribution < 1.29 is 4.79 Å². The van der Waals surface area contributed by atoms with Crippen LogP contribution >= 0.6 is 12.4 Å². The maximum atomic E-state index is 10.2. The molecule has 0 spiro atoms. The minimum absolute atomic E-state index is 0. The summed E-state index contributed by atoms with van der Waals surface area (Å²) in [6, 6.07) is 0. The molecule has 0 saturated carbocycles. The number of halogens is 1. The zero-order valence-corrected chi connectivity index (χ0v) is 5.07. The molecule has 1 rings (SSSR count). The lowest BCUT2D eigenvalue weighted by Gasteiger charge is -1.99. The Morgan fingerprint density at radius 1 is 1.75 bits per heavy atom. The summed E-state index contributed by atoms with van der Waals surface area (Å²) < 4.78 is 0. The van der Waals surface area contributed by atoms with Crippen LogP contribution in [0.15, 0.2) is 5.10 Å². The highest BCUT2D eigenvalue weighted by atomic mass is 35.5. The van der Waals surface area contributed by atoms with E-state index in [9.17, 15) is 4.79 Å². The van der Waals surface area contributed by atoms with Crippen LogP contribution in [0, 0.1) is 0 Å². The molecule has 46 valence electrons. The normalized spacial score (nSPS) is 16.8. The molecule has 0 aromatic rings. The van der Waals surface area contributed by atoms with E-state index >= 15 is 0 Å². The van der Waals surface area contributed by atoms with E-state index in [1.165, 1.54) is 0 Å². The smallest absolute Gasteiger partial charge is 0.240 e. The molecule has 3 nitrogen and oxygen atoms in total. The van der Waals surface area contributed by atoms with Gasteiger partial charge in [0.05, 0.1) is 0 Å². The van der Waals surface area contributed by atoms with Crippen LogP contribution in [0.2, 0.25) is 0 Å². The summed E-state index contributed by atoms with van der Waals surface area (Å²) in [7, 11) is 0. The molecule has 0 fully saturated rings. The van der Waals surface area contributed by atoms with E-state index in [1.54, 1.807) is 6.21 Å². The number of hydrazone groups is 1. The van der Waals surface area contributed by atoms with E-state index < -0.39 is 0 Å². The maximum Gasteiger partial charge on any atom is 0.240 e. The molecule has 4 heteroatoms. The van der Waals surface area contributed by atoms with Crippen molar-refractivity contribution in [2.45, 2.75) is 12.8 Å². The lowest BCUT2D eigenvalue weighted by atomic mass is 10.3. The van der Waals surface area contributed by atoms with Crippen molar-refractivity contribution in [3.8, 4) is 0 Å². The Labute approximate surface area is 53.6 Å². The van der Waals surface area contributed by atoms with Crippen molar-refractivity contribution in [1.82, 2.24) is 5.43 Å². The summed E-state index contributed by atoms with van der Waals surface area (Å²) >= 11 is 0. The standard InChI is InChI=1S/C4H6N2O.ClH/c7-4-2-1-3-5-6-4;/h3H,1-2H2,(H,6,7);1H. The van der Waals surface area contributed by atoms with Crippen LogP contribution in [0.5, 0.6) is 0 Å². The molecule has 0 atom stereocenters. The van der Waals surface area contributed by atoms with Gasteiger partial charge in [-0.25, -0.2) is 5.43 Å². The molecule has 1 amide bonds. The first kappa shape index (κ1) is 7.43. The van der Waals surface area contributed by atoms with E-state index in [0.717, 1.165) is 6.42 Å². The maximum absolute atomic E-state index is 10.2. The fourth-order valence-corrected chi connectivity index (χ4v) is 0.434. The van der Waals surface area contributed by atoms with E-state index in [1.807, 2.05) is 0 Å². The zero-order valence-electron chi connectivity index (χ0n) is 4.26. The highest BCUT2D eigenvalue weighted by molar-refractivity contribution is 5.85. The molecule has 1 aliphatic rings. The van der Waals surface area contributed by atoms with Gasteiger partial charge in [-0.1, -0.05) is 0 Å². The molecule has 1 N–H and O–H groups in total. The number of hydrogen-bond donors (Lipinski definition) is 1. The predicted molar refractivity (Wildman–Crippen MR) is 33.1 cm³/mol.